The predicted molar refractivity (Wildman–Crippen MR) is 137 cm³/mol. The highest BCUT2D eigenvalue weighted by Gasteiger charge is 2.54. The first-order valence-corrected chi connectivity index (χ1v) is 15.1. The van der Waals surface area contributed by atoms with Crippen molar-refractivity contribution in [2.24, 2.45) is 23.2 Å². The van der Waals surface area contributed by atoms with Gasteiger partial charge in [0.25, 0.3) is 5.56 Å². The molecular formula is C27H38N3O4P. The summed E-state index contributed by atoms with van der Waals surface area (Å²) in [5, 5.41) is 0. The highest BCUT2D eigenvalue weighted by molar-refractivity contribution is 7.59. The van der Waals surface area contributed by atoms with Crippen LogP contribution in [0.3, 0.4) is 0 Å². The average Bonchev–Trinajstić information content (AvgIpc) is 2.81. The van der Waals surface area contributed by atoms with Crippen LogP contribution in [0.25, 0.3) is 11.0 Å². The van der Waals surface area contributed by atoms with E-state index in [9.17, 15) is 19.1 Å². The largest absolute Gasteiger partial charge is 0.380 e. The van der Waals surface area contributed by atoms with Gasteiger partial charge in [-0.3, -0.25) is 14.3 Å². The van der Waals surface area contributed by atoms with E-state index in [0.29, 0.717) is 28.5 Å². The smallest absolute Gasteiger partial charge is 0.320 e. The first-order chi connectivity index (χ1) is 16.6. The number of para-hydroxylation sites is 2. The fraction of sp³-hybridized carbons (Fsp3) is 0.704. The minimum atomic E-state index is -4.77. The number of nitrogens with zero attached hydrogens (tertiary/aromatic N) is 3. The fourth-order valence-corrected chi connectivity index (χ4v) is 8.94. The molecule has 8 heteroatoms. The van der Waals surface area contributed by atoms with Crippen molar-refractivity contribution in [1.29, 1.82) is 0 Å². The molecule has 3 heterocycles. The topological polar surface area (TPSA) is 95.7 Å². The van der Waals surface area contributed by atoms with Crippen LogP contribution in [0.2, 0.25) is 0 Å². The van der Waals surface area contributed by atoms with Gasteiger partial charge >= 0.3 is 7.60 Å². The van der Waals surface area contributed by atoms with Gasteiger partial charge in [0.15, 0.2) is 0 Å². The molecule has 6 atom stereocenters. The van der Waals surface area contributed by atoms with Crippen molar-refractivity contribution < 1.29 is 14.4 Å². The quantitative estimate of drug-likeness (QED) is 0.598. The third kappa shape index (κ3) is 3.94. The molecule has 1 aromatic heterocycles. The number of hydrogen-bond donors (Lipinski definition) is 2. The first kappa shape index (κ1) is 23.8. The summed E-state index contributed by atoms with van der Waals surface area (Å²) in [6, 6.07) is 8.04. The second kappa shape index (κ2) is 8.51. The maximum atomic E-state index is 13.4. The van der Waals surface area contributed by atoms with Gasteiger partial charge in [-0.2, -0.15) is 0 Å². The summed E-state index contributed by atoms with van der Waals surface area (Å²) >= 11 is 0. The molecule has 2 aromatic rings. The zero-order chi connectivity index (χ0) is 24.5. The van der Waals surface area contributed by atoms with Crippen LogP contribution in [0.4, 0.5) is 0 Å². The molecule has 5 fully saturated rings. The van der Waals surface area contributed by atoms with Gasteiger partial charge in [-0.25, -0.2) is 4.98 Å². The maximum Gasteiger partial charge on any atom is 0.380 e. The van der Waals surface area contributed by atoms with E-state index in [1.807, 2.05) is 12.1 Å². The lowest BCUT2D eigenvalue weighted by Gasteiger charge is -2.60. The summed E-state index contributed by atoms with van der Waals surface area (Å²) in [5.41, 5.74) is 0.415. The van der Waals surface area contributed by atoms with Crippen LogP contribution in [0.15, 0.2) is 29.1 Å². The van der Waals surface area contributed by atoms with Crippen molar-refractivity contribution in [3.05, 3.63) is 34.6 Å². The number of piperidine rings is 2. The molecule has 0 radical (unpaired) electrons. The number of hydrogen-bond acceptors (Lipinski definition) is 4. The lowest BCUT2D eigenvalue weighted by molar-refractivity contribution is -0.111. The summed E-state index contributed by atoms with van der Waals surface area (Å²) < 4.78 is 13.8. The highest BCUT2D eigenvalue weighted by Crippen LogP contribution is 2.62. The van der Waals surface area contributed by atoms with Crippen LogP contribution >= 0.6 is 7.60 Å². The molecule has 2 N–H and O–H groups in total. The molecule has 2 aliphatic heterocycles. The Morgan fingerprint density at radius 2 is 1.74 bits per heavy atom. The SMILES string of the molecule is CC1(C)[C@H]2CC[C@@H](CCN3[C@@H]4CCC[C@H]3CC(n3c(=O)c(P(=O)(O)O)nc5ccccc53)C4)[C@H]1C2. The normalized spacial score (nSPS) is 34.5. The number of aromatic nitrogens is 2. The van der Waals surface area contributed by atoms with E-state index in [-0.39, 0.29) is 6.04 Å². The Morgan fingerprint density at radius 1 is 1.03 bits per heavy atom. The molecule has 0 spiro atoms. The first-order valence-electron chi connectivity index (χ1n) is 13.5. The second-order valence-electron chi connectivity index (χ2n) is 12.2. The molecule has 1 unspecified atom stereocenters. The van der Waals surface area contributed by atoms with Gasteiger partial charge in [0.2, 0.25) is 5.44 Å². The van der Waals surface area contributed by atoms with E-state index in [1.165, 1.54) is 32.1 Å². The highest BCUT2D eigenvalue weighted by atomic mass is 31.2. The van der Waals surface area contributed by atoms with Crippen LogP contribution < -0.4 is 11.0 Å². The molecule has 2 saturated heterocycles. The summed E-state index contributed by atoms with van der Waals surface area (Å²) in [6.45, 7) is 6.09. The lowest BCUT2D eigenvalue weighted by Crippen LogP contribution is -2.56. The Hall–Kier alpha value is -1.53. The third-order valence-corrected chi connectivity index (χ3v) is 11.1. The maximum absolute atomic E-state index is 13.4. The fourth-order valence-electron chi connectivity index (χ4n) is 8.34. The Kier molecular flexibility index (Phi) is 5.80. The van der Waals surface area contributed by atoms with Gasteiger partial charge in [-0.05, 0) is 93.2 Å². The minimum absolute atomic E-state index is 0.0618. The number of rotatable bonds is 5. The number of fused-ring (bicyclic) bond motifs is 5. The monoisotopic (exact) mass is 499 g/mol. The van der Waals surface area contributed by atoms with E-state index in [2.05, 4.69) is 23.7 Å². The standard InChI is InChI=1S/C27H38N3O4P/c1-27(2)18-11-10-17(22(27)14-18)12-13-29-19-6-5-7-20(29)16-21(15-19)30-24-9-4-3-8-23(24)28-25(26(30)31)35(32,33)34/h3-4,8-9,17-22H,5-7,10-16H2,1-2H3,(H2,32,33,34)/t17-,18-,19-,20+,21?,22+/m0/s1. The lowest BCUT2D eigenvalue weighted by atomic mass is 9.45. The summed E-state index contributed by atoms with van der Waals surface area (Å²) in [6.07, 6.45) is 10.7. The zero-order valence-corrected chi connectivity index (χ0v) is 21.7. The molecule has 3 aliphatic carbocycles. The third-order valence-electron chi connectivity index (χ3n) is 10.3. The van der Waals surface area contributed by atoms with Crippen molar-refractivity contribution in [3.8, 4) is 0 Å². The van der Waals surface area contributed by atoms with E-state index < -0.39 is 18.6 Å². The minimum Gasteiger partial charge on any atom is -0.320 e. The van der Waals surface area contributed by atoms with E-state index in [1.54, 1.807) is 16.7 Å². The van der Waals surface area contributed by atoms with Gasteiger partial charge in [-0.1, -0.05) is 32.4 Å². The van der Waals surface area contributed by atoms with Crippen LogP contribution in [-0.2, 0) is 4.57 Å². The Bertz CT molecular complexity index is 1220. The van der Waals surface area contributed by atoms with Crippen LogP contribution in [0.5, 0.6) is 0 Å². The van der Waals surface area contributed by atoms with Gasteiger partial charge in [0, 0.05) is 18.1 Å². The van der Waals surface area contributed by atoms with Crippen molar-refractivity contribution in [1.82, 2.24) is 14.5 Å². The van der Waals surface area contributed by atoms with Crippen molar-refractivity contribution in [2.75, 3.05) is 6.54 Å². The Balaban J connectivity index is 1.26. The molecule has 3 saturated carbocycles. The Labute approximate surface area is 207 Å². The van der Waals surface area contributed by atoms with Crippen LogP contribution in [0, 0.1) is 23.2 Å². The molecule has 0 amide bonds. The summed E-state index contributed by atoms with van der Waals surface area (Å²) in [4.78, 5) is 39.9. The van der Waals surface area contributed by atoms with Crippen molar-refractivity contribution in [2.45, 2.75) is 89.8 Å². The van der Waals surface area contributed by atoms with Gasteiger partial charge < -0.3 is 14.4 Å². The molecule has 7 nitrogen and oxygen atoms in total. The molecule has 190 valence electrons. The van der Waals surface area contributed by atoms with Crippen LogP contribution in [-0.4, -0.2) is 42.9 Å². The predicted octanol–water partition coefficient (Wildman–Crippen LogP) is 4.22. The second-order valence-corrected chi connectivity index (χ2v) is 13.7. The molecular weight excluding hydrogens is 461 g/mol. The van der Waals surface area contributed by atoms with E-state index in [4.69, 9.17) is 0 Å². The van der Waals surface area contributed by atoms with Gasteiger partial charge in [-0.15, -0.1) is 0 Å². The number of benzene rings is 1. The molecule has 4 bridgehead atoms. The molecule has 35 heavy (non-hydrogen) atoms. The van der Waals surface area contributed by atoms with Gasteiger partial charge in [0.1, 0.15) is 0 Å². The zero-order valence-electron chi connectivity index (χ0n) is 20.8. The molecule has 7 rings (SSSR count). The molecule has 5 aliphatic rings. The average molecular weight is 500 g/mol. The van der Waals surface area contributed by atoms with Crippen LogP contribution in [0.1, 0.15) is 77.7 Å². The van der Waals surface area contributed by atoms with E-state index >= 15 is 0 Å². The summed E-state index contributed by atoms with van der Waals surface area (Å²) in [7, 11) is -4.77. The van der Waals surface area contributed by atoms with E-state index in [0.717, 1.165) is 50.0 Å². The molecule has 1 aromatic carbocycles. The summed E-state index contributed by atoms with van der Waals surface area (Å²) in [5.74, 6) is 2.66. The van der Waals surface area contributed by atoms with Crippen molar-refractivity contribution >= 4 is 24.1 Å². The van der Waals surface area contributed by atoms with Gasteiger partial charge in [0.05, 0.1) is 11.0 Å². The Morgan fingerprint density at radius 3 is 2.40 bits per heavy atom. The van der Waals surface area contributed by atoms with Crippen molar-refractivity contribution in [3.63, 3.8) is 0 Å².